The maximum atomic E-state index is 5.38. The standard InChI is InChI=1S/C8H9N3OS/c1-5-3-4-6(12-5)7-9-8(13)11(2)10-7/h3-4H,1-2H3,(H,9,10,13). The molecule has 0 aliphatic heterocycles. The largest absolute Gasteiger partial charge is 0.458 e. The highest BCUT2D eigenvalue weighted by Gasteiger charge is 2.06. The number of H-pyrrole nitrogens is 1. The fourth-order valence-electron chi connectivity index (χ4n) is 1.07. The van der Waals surface area contributed by atoms with E-state index in [4.69, 9.17) is 16.6 Å². The van der Waals surface area contributed by atoms with Gasteiger partial charge < -0.3 is 4.42 Å². The van der Waals surface area contributed by atoms with E-state index in [0.717, 1.165) is 5.76 Å². The van der Waals surface area contributed by atoms with Gasteiger partial charge in [-0.05, 0) is 31.3 Å². The Morgan fingerprint density at radius 3 is 2.77 bits per heavy atom. The lowest BCUT2D eigenvalue weighted by molar-refractivity contribution is 0.543. The normalized spacial score (nSPS) is 10.6. The average Bonchev–Trinajstić information content (AvgIpc) is 2.61. The van der Waals surface area contributed by atoms with Gasteiger partial charge in [0, 0.05) is 7.05 Å². The molecule has 2 aromatic rings. The lowest BCUT2D eigenvalue weighted by atomic mass is 10.4. The SMILES string of the molecule is Cc1ccc(-c2nc(=S)n(C)[nH]2)o1. The van der Waals surface area contributed by atoms with E-state index in [1.807, 2.05) is 26.1 Å². The van der Waals surface area contributed by atoms with Gasteiger partial charge in [-0.15, -0.1) is 0 Å². The Hall–Kier alpha value is -1.36. The zero-order chi connectivity index (χ0) is 9.42. The molecule has 0 aliphatic rings. The Labute approximate surface area is 80.2 Å². The van der Waals surface area contributed by atoms with Crippen molar-refractivity contribution in [2.24, 2.45) is 7.05 Å². The van der Waals surface area contributed by atoms with Crippen molar-refractivity contribution in [1.82, 2.24) is 14.8 Å². The molecule has 2 rings (SSSR count). The Balaban J connectivity index is 2.52. The van der Waals surface area contributed by atoms with Gasteiger partial charge in [0.1, 0.15) is 5.76 Å². The minimum absolute atomic E-state index is 0.518. The number of aryl methyl sites for hydroxylation is 2. The molecule has 0 fully saturated rings. The Kier molecular flexibility index (Phi) is 1.81. The van der Waals surface area contributed by atoms with Gasteiger partial charge in [0.2, 0.25) is 4.77 Å². The molecule has 5 heteroatoms. The number of aromatic nitrogens is 3. The van der Waals surface area contributed by atoms with Crippen molar-refractivity contribution in [1.29, 1.82) is 0 Å². The third kappa shape index (κ3) is 1.42. The van der Waals surface area contributed by atoms with E-state index in [9.17, 15) is 0 Å². The summed E-state index contributed by atoms with van der Waals surface area (Å²) < 4.78 is 7.57. The van der Waals surface area contributed by atoms with E-state index >= 15 is 0 Å². The number of rotatable bonds is 1. The summed E-state index contributed by atoms with van der Waals surface area (Å²) in [6.45, 7) is 1.89. The number of aromatic amines is 1. The number of nitrogens with zero attached hydrogens (tertiary/aromatic N) is 2. The van der Waals surface area contributed by atoms with Crippen LogP contribution in [-0.2, 0) is 7.05 Å². The van der Waals surface area contributed by atoms with Crippen molar-refractivity contribution in [3.05, 3.63) is 22.7 Å². The zero-order valence-corrected chi connectivity index (χ0v) is 8.18. The van der Waals surface area contributed by atoms with Gasteiger partial charge in [0.15, 0.2) is 11.6 Å². The van der Waals surface area contributed by atoms with E-state index in [1.165, 1.54) is 0 Å². The summed E-state index contributed by atoms with van der Waals surface area (Å²) in [6, 6.07) is 3.75. The highest BCUT2D eigenvalue weighted by molar-refractivity contribution is 7.71. The molecule has 0 bridgehead atoms. The second kappa shape index (κ2) is 2.85. The molecule has 1 N–H and O–H groups in total. The molecule has 4 nitrogen and oxygen atoms in total. The van der Waals surface area contributed by atoms with E-state index in [1.54, 1.807) is 4.68 Å². The molecule has 0 amide bonds. The highest BCUT2D eigenvalue weighted by atomic mass is 32.1. The molecule has 0 spiro atoms. The first-order chi connectivity index (χ1) is 6.16. The predicted molar refractivity (Wildman–Crippen MR) is 50.8 cm³/mol. The van der Waals surface area contributed by atoms with Crippen LogP contribution in [0.5, 0.6) is 0 Å². The van der Waals surface area contributed by atoms with Crippen LogP contribution in [0.3, 0.4) is 0 Å². The van der Waals surface area contributed by atoms with Gasteiger partial charge in [0.25, 0.3) is 0 Å². The van der Waals surface area contributed by atoms with E-state index in [-0.39, 0.29) is 0 Å². The van der Waals surface area contributed by atoms with Crippen LogP contribution in [0.25, 0.3) is 11.6 Å². The van der Waals surface area contributed by atoms with Crippen LogP contribution in [0.15, 0.2) is 16.5 Å². The van der Waals surface area contributed by atoms with Crippen LogP contribution in [0.4, 0.5) is 0 Å². The average molecular weight is 195 g/mol. The van der Waals surface area contributed by atoms with Crippen LogP contribution in [-0.4, -0.2) is 14.8 Å². The molecule has 13 heavy (non-hydrogen) atoms. The summed E-state index contributed by atoms with van der Waals surface area (Å²) in [4.78, 5) is 4.12. The summed E-state index contributed by atoms with van der Waals surface area (Å²) in [5.41, 5.74) is 0. The van der Waals surface area contributed by atoms with Gasteiger partial charge in [-0.3, -0.25) is 9.78 Å². The summed E-state index contributed by atoms with van der Waals surface area (Å²) in [5, 5.41) is 2.98. The number of hydrogen-bond acceptors (Lipinski definition) is 3. The number of nitrogens with one attached hydrogen (secondary N) is 1. The lowest BCUT2D eigenvalue weighted by Gasteiger charge is -1.88. The summed E-state index contributed by atoms with van der Waals surface area (Å²) in [5.74, 6) is 2.24. The van der Waals surface area contributed by atoms with Crippen LogP contribution >= 0.6 is 12.2 Å². The van der Waals surface area contributed by atoms with Crippen molar-refractivity contribution in [3.8, 4) is 11.6 Å². The Bertz CT molecular complexity index is 480. The molecule has 2 aromatic heterocycles. The third-order valence-electron chi connectivity index (χ3n) is 1.74. The zero-order valence-electron chi connectivity index (χ0n) is 7.37. The first-order valence-corrected chi connectivity index (χ1v) is 4.27. The van der Waals surface area contributed by atoms with Crippen LogP contribution in [0, 0.1) is 11.7 Å². The van der Waals surface area contributed by atoms with Crippen LogP contribution in [0.1, 0.15) is 5.76 Å². The highest BCUT2D eigenvalue weighted by Crippen LogP contribution is 2.17. The molecule has 0 saturated carbocycles. The molecule has 0 radical (unpaired) electrons. The molecule has 0 saturated heterocycles. The molecular weight excluding hydrogens is 186 g/mol. The van der Waals surface area contributed by atoms with E-state index < -0.39 is 0 Å². The quantitative estimate of drug-likeness (QED) is 0.708. The van der Waals surface area contributed by atoms with Gasteiger partial charge in [-0.1, -0.05) is 0 Å². The fourth-order valence-corrected chi connectivity index (χ4v) is 1.21. The predicted octanol–water partition coefficient (Wildman–Crippen LogP) is 2.05. The molecule has 68 valence electrons. The monoisotopic (exact) mass is 195 g/mol. The second-order valence-corrected chi connectivity index (χ2v) is 3.19. The van der Waals surface area contributed by atoms with Crippen molar-refractivity contribution in [3.63, 3.8) is 0 Å². The minimum atomic E-state index is 0.518. The van der Waals surface area contributed by atoms with Gasteiger partial charge in [0.05, 0.1) is 0 Å². The first-order valence-electron chi connectivity index (χ1n) is 3.86. The Morgan fingerprint density at radius 1 is 1.54 bits per heavy atom. The van der Waals surface area contributed by atoms with Crippen LogP contribution in [0.2, 0.25) is 0 Å². The molecular formula is C8H9N3OS. The second-order valence-electron chi connectivity index (χ2n) is 2.82. The number of hydrogen-bond donors (Lipinski definition) is 1. The molecule has 0 atom stereocenters. The molecule has 2 heterocycles. The molecule has 0 unspecified atom stereocenters. The van der Waals surface area contributed by atoms with Gasteiger partial charge in [-0.2, -0.15) is 4.98 Å². The van der Waals surface area contributed by atoms with Crippen LogP contribution < -0.4 is 0 Å². The molecule has 0 aliphatic carbocycles. The van der Waals surface area contributed by atoms with Crippen molar-refractivity contribution >= 4 is 12.2 Å². The van der Waals surface area contributed by atoms with Crippen molar-refractivity contribution in [2.75, 3.05) is 0 Å². The maximum Gasteiger partial charge on any atom is 0.216 e. The first kappa shape index (κ1) is 8.25. The fraction of sp³-hybridized carbons (Fsp3) is 0.250. The molecule has 0 aromatic carbocycles. The van der Waals surface area contributed by atoms with Gasteiger partial charge >= 0.3 is 0 Å². The summed E-state index contributed by atoms with van der Waals surface area (Å²) in [6.07, 6.45) is 0. The summed E-state index contributed by atoms with van der Waals surface area (Å²) >= 11 is 4.96. The lowest BCUT2D eigenvalue weighted by Crippen LogP contribution is -1.88. The Morgan fingerprint density at radius 2 is 2.31 bits per heavy atom. The maximum absolute atomic E-state index is 5.38. The van der Waals surface area contributed by atoms with E-state index in [0.29, 0.717) is 16.4 Å². The van der Waals surface area contributed by atoms with Crippen molar-refractivity contribution < 1.29 is 4.42 Å². The topological polar surface area (TPSA) is 46.8 Å². The summed E-state index contributed by atoms with van der Waals surface area (Å²) in [7, 11) is 1.81. The smallest absolute Gasteiger partial charge is 0.216 e. The van der Waals surface area contributed by atoms with E-state index in [2.05, 4.69) is 10.1 Å². The van der Waals surface area contributed by atoms with Gasteiger partial charge in [-0.25, -0.2) is 0 Å². The van der Waals surface area contributed by atoms with Crippen molar-refractivity contribution in [2.45, 2.75) is 6.92 Å². The third-order valence-corrected chi connectivity index (χ3v) is 2.11. The minimum Gasteiger partial charge on any atom is -0.458 e. The number of furan rings is 1.